The third-order valence-corrected chi connectivity index (χ3v) is 6.04. The number of carbonyl (C=O) groups is 2. The fraction of sp³-hybridized carbons (Fsp3) is 0.474. The maximum Gasteiger partial charge on any atom is 0.242 e. The third kappa shape index (κ3) is 4.88. The Kier molecular flexibility index (Phi) is 7.01. The first kappa shape index (κ1) is 21.0. The number of hydrogen-bond acceptors (Lipinski definition) is 4. The lowest BCUT2D eigenvalue weighted by Gasteiger charge is -2.19. The lowest BCUT2D eigenvalue weighted by molar-refractivity contribution is -0.131. The fourth-order valence-electron chi connectivity index (χ4n) is 2.98. The molecule has 1 aromatic carbocycles. The van der Waals surface area contributed by atoms with E-state index in [0.717, 1.165) is 6.42 Å². The number of nitrogens with zero attached hydrogens (tertiary/aromatic N) is 2. The van der Waals surface area contributed by atoms with E-state index >= 15 is 0 Å². The van der Waals surface area contributed by atoms with Crippen molar-refractivity contribution in [1.82, 2.24) is 14.8 Å². The zero-order chi connectivity index (χ0) is 20.0. The standard InChI is InChI=1S/C19H27N3O4S/c1-4-11-20-18(23)14-27(25,26)17-12-22(13-19(24)21(5-2)6-3)16-10-8-7-9-15(16)17/h7-10,12H,4-6,11,13-14H2,1-3H3,(H,20,23). The molecule has 0 fully saturated rings. The van der Waals surface area contributed by atoms with Crippen LogP contribution in [0.1, 0.15) is 27.2 Å². The van der Waals surface area contributed by atoms with Gasteiger partial charge in [0.05, 0.1) is 4.90 Å². The molecule has 0 unspecified atom stereocenters. The summed E-state index contributed by atoms with van der Waals surface area (Å²) < 4.78 is 27.2. The number of hydrogen-bond donors (Lipinski definition) is 1. The van der Waals surface area contributed by atoms with E-state index in [1.807, 2.05) is 20.8 Å². The van der Waals surface area contributed by atoms with Gasteiger partial charge in [-0.1, -0.05) is 25.1 Å². The summed E-state index contributed by atoms with van der Waals surface area (Å²) in [6, 6.07) is 7.02. The van der Waals surface area contributed by atoms with Crippen LogP contribution in [-0.4, -0.2) is 55.1 Å². The summed E-state index contributed by atoms with van der Waals surface area (Å²) in [5, 5.41) is 3.11. The van der Waals surface area contributed by atoms with E-state index in [1.165, 1.54) is 6.20 Å². The van der Waals surface area contributed by atoms with Crippen molar-refractivity contribution in [2.45, 2.75) is 38.6 Å². The van der Waals surface area contributed by atoms with E-state index < -0.39 is 21.5 Å². The first-order valence-electron chi connectivity index (χ1n) is 9.19. The van der Waals surface area contributed by atoms with Gasteiger partial charge in [-0.3, -0.25) is 9.59 Å². The van der Waals surface area contributed by atoms with Gasteiger partial charge in [0.1, 0.15) is 12.3 Å². The zero-order valence-electron chi connectivity index (χ0n) is 16.1. The second-order valence-corrected chi connectivity index (χ2v) is 8.27. The molecule has 0 aliphatic heterocycles. The summed E-state index contributed by atoms with van der Waals surface area (Å²) in [4.78, 5) is 26.2. The van der Waals surface area contributed by atoms with Gasteiger partial charge in [-0.05, 0) is 26.3 Å². The fourth-order valence-corrected chi connectivity index (χ4v) is 4.38. The number of carbonyl (C=O) groups excluding carboxylic acids is 2. The number of para-hydroxylation sites is 1. The molecule has 0 saturated carbocycles. The van der Waals surface area contributed by atoms with Crippen LogP contribution in [0, 0.1) is 0 Å². The molecule has 0 radical (unpaired) electrons. The molecule has 0 atom stereocenters. The van der Waals surface area contributed by atoms with Gasteiger partial charge >= 0.3 is 0 Å². The number of rotatable bonds is 9. The molecule has 0 bridgehead atoms. The second kappa shape index (κ2) is 9.03. The number of sulfone groups is 1. The largest absolute Gasteiger partial charge is 0.355 e. The van der Waals surface area contributed by atoms with Gasteiger partial charge in [-0.15, -0.1) is 0 Å². The monoisotopic (exact) mass is 393 g/mol. The van der Waals surface area contributed by atoms with Crippen molar-refractivity contribution in [2.24, 2.45) is 0 Å². The van der Waals surface area contributed by atoms with E-state index in [2.05, 4.69) is 5.32 Å². The number of benzene rings is 1. The van der Waals surface area contributed by atoms with Crippen LogP contribution in [-0.2, 0) is 26.0 Å². The van der Waals surface area contributed by atoms with E-state index in [9.17, 15) is 18.0 Å². The van der Waals surface area contributed by atoms with Gasteiger partial charge in [0.15, 0.2) is 9.84 Å². The molecule has 0 aliphatic rings. The number of nitrogens with one attached hydrogen (secondary N) is 1. The van der Waals surface area contributed by atoms with E-state index in [0.29, 0.717) is 30.5 Å². The molecule has 2 rings (SSSR count). The van der Waals surface area contributed by atoms with Crippen LogP contribution in [0.2, 0.25) is 0 Å². The van der Waals surface area contributed by atoms with Gasteiger partial charge in [0.2, 0.25) is 11.8 Å². The smallest absolute Gasteiger partial charge is 0.242 e. The molecule has 2 aromatic rings. The predicted molar refractivity (Wildman–Crippen MR) is 105 cm³/mol. The van der Waals surface area contributed by atoms with Crippen LogP contribution < -0.4 is 5.32 Å². The number of aromatic nitrogens is 1. The first-order valence-corrected chi connectivity index (χ1v) is 10.8. The van der Waals surface area contributed by atoms with Crippen LogP contribution >= 0.6 is 0 Å². The molecule has 1 aromatic heterocycles. The van der Waals surface area contributed by atoms with Crippen molar-refractivity contribution < 1.29 is 18.0 Å². The maximum atomic E-state index is 12.8. The molecular weight excluding hydrogens is 366 g/mol. The van der Waals surface area contributed by atoms with Crippen LogP contribution in [0.3, 0.4) is 0 Å². The predicted octanol–water partition coefficient (Wildman–Crippen LogP) is 1.81. The minimum atomic E-state index is -3.82. The Morgan fingerprint density at radius 1 is 1.11 bits per heavy atom. The van der Waals surface area contributed by atoms with Gasteiger partial charge in [-0.2, -0.15) is 0 Å². The number of likely N-dealkylation sites (N-methyl/N-ethyl adjacent to an activating group) is 1. The normalized spacial score (nSPS) is 11.5. The summed E-state index contributed by atoms with van der Waals surface area (Å²) in [5.74, 6) is -1.20. The van der Waals surface area contributed by atoms with Gasteiger partial charge in [0.25, 0.3) is 0 Å². The van der Waals surface area contributed by atoms with Crippen molar-refractivity contribution in [3.63, 3.8) is 0 Å². The van der Waals surface area contributed by atoms with Crippen LogP contribution in [0.5, 0.6) is 0 Å². The van der Waals surface area contributed by atoms with Gasteiger partial charge in [-0.25, -0.2) is 8.42 Å². The van der Waals surface area contributed by atoms with Gasteiger partial charge in [0, 0.05) is 36.7 Å². The second-order valence-electron chi connectivity index (χ2n) is 6.31. The average molecular weight is 394 g/mol. The number of fused-ring (bicyclic) bond motifs is 1. The van der Waals surface area contributed by atoms with Crippen LogP contribution in [0.4, 0.5) is 0 Å². The molecule has 27 heavy (non-hydrogen) atoms. The van der Waals surface area contributed by atoms with Crippen LogP contribution in [0.25, 0.3) is 10.9 Å². The van der Waals surface area contributed by atoms with E-state index in [4.69, 9.17) is 0 Å². The molecule has 0 aliphatic carbocycles. The Bertz CT molecular complexity index is 914. The van der Waals surface area contributed by atoms with Crippen molar-refractivity contribution in [3.05, 3.63) is 30.5 Å². The first-order chi connectivity index (χ1) is 12.8. The van der Waals surface area contributed by atoms with Gasteiger partial charge < -0.3 is 14.8 Å². The molecule has 1 heterocycles. The molecule has 1 N–H and O–H groups in total. The Balaban J connectivity index is 2.38. The van der Waals surface area contributed by atoms with Crippen LogP contribution in [0.15, 0.2) is 35.4 Å². The molecule has 2 amide bonds. The summed E-state index contributed by atoms with van der Waals surface area (Å²) >= 11 is 0. The summed E-state index contributed by atoms with van der Waals surface area (Å²) in [6.45, 7) is 7.39. The lowest BCUT2D eigenvalue weighted by Crippen LogP contribution is -2.33. The molecule has 7 nitrogen and oxygen atoms in total. The highest BCUT2D eigenvalue weighted by molar-refractivity contribution is 7.92. The van der Waals surface area contributed by atoms with E-state index in [1.54, 1.807) is 33.7 Å². The molecule has 0 saturated heterocycles. The quantitative estimate of drug-likeness (QED) is 0.704. The van der Waals surface area contributed by atoms with E-state index in [-0.39, 0.29) is 17.3 Å². The van der Waals surface area contributed by atoms with Crippen molar-refractivity contribution in [3.8, 4) is 0 Å². The highest BCUT2D eigenvalue weighted by Gasteiger charge is 2.25. The third-order valence-electron chi connectivity index (χ3n) is 4.40. The molecular formula is C19H27N3O4S. The highest BCUT2D eigenvalue weighted by Crippen LogP contribution is 2.26. The molecule has 148 valence electrons. The maximum absolute atomic E-state index is 12.8. The average Bonchev–Trinajstić information content (AvgIpc) is 3.00. The van der Waals surface area contributed by atoms with Crippen molar-refractivity contribution >= 4 is 32.6 Å². The highest BCUT2D eigenvalue weighted by atomic mass is 32.2. The topological polar surface area (TPSA) is 88.5 Å². The summed E-state index contributed by atoms with van der Waals surface area (Å²) in [7, 11) is -3.82. The van der Waals surface area contributed by atoms with Crippen molar-refractivity contribution in [1.29, 1.82) is 0 Å². The minimum Gasteiger partial charge on any atom is -0.355 e. The Labute approximate surface area is 160 Å². The Morgan fingerprint density at radius 3 is 2.41 bits per heavy atom. The molecule has 0 spiro atoms. The zero-order valence-corrected chi connectivity index (χ0v) is 16.9. The van der Waals surface area contributed by atoms with Crippen molar-refractivity contribution in [2.75, 3.05) is 25.4 Å². The Hall–Kier alpha value is -2.35. The SMILES string of the molecule is CCCNC(=O)CS(=O)(=O)c1cn(CC(=O)N(CC)CC)c2ccccc12. The summed E-state index contributed by atoms with van der Waals surface area (Å²) in [6.07, 6.45) is 2.20. The Morgan fingerprint density at radius 2 is 1.78 bits per heavy atom. The molecule has 8 heteroatoms. The summed E-state index contributed by atoms with van der Waals surface area (Å²) in [5.41, 5.74) is 0.658. The number of amides is 2. The minimum absolute atomic E-state index is 0.0553. The lowest BCUT2D eigenvalue weighted by atomic mass is 10.2.